The monoisotopic (exact) mass is 245 g/mol. The molecule has 0 aliphatic heterocycles. The van der Waals surface area contributed by atoms with E-state index in [2.05, 4.69) is 21.1 Å². The highest BCUT2D eigenvalue weighted by Gasteiger charge is 2.49. The van der Waals surface area contributed by atoms with E-state index in [-0.39, 0.29) is 0 Å². The molecule has 4 aliphatic rings. The molecule has 4 bridgehead atoms. The maximum atomic E-state index is 4.54. The minimum atomic E-state index is 0.753. The van der Waals surface area contributed by atoms with E-state index in [1.165, 1.54) is 37.9 Å². The Hall–Kier alpha value is -0.830. The molecule has 0 spiro atoms. The van der Waals surface area contributed by atoms with Crippen LogP contribution >= 0.6 is 0 Å². The average molecular weight is 245 g/mol. The van der Waals surface area contributed by atoms with Gasteiger partial charge in [-0.15, -0.1) is 0 Å². The lowest BCUT2D eigenvalue weighted by molar-refractivity contribution is -0.0301. The Morgan fingerprint density at radius 1 is 1.17 bits per heavy atom. The predicted octanol–water partition coefficient (Wildman–Crippen LogP) is 2.60. The van der Waals surface area contributed by atoms with Gasteiger partial charge in [0.05, 0.1) is 6.54 Å². The molecule has 4 saturated carbocycles. The topological polar surface area (TPSA) is 29.9 Å². The van der Waals surface area contributed by atoms with E-state index in [1.54, 1.807) is 0 Å². The van der Waals surface area contributed by atoms with Gasteiger partial charge in [0.2, 0.25) is 0 Å². The van der Waals surface area contributed by atoms with Crippen LogP contribution in [0.4, 0.5) is 0 Å². The Bertz CT molecular complexity index is 409. The van der Waals surface area contributed by atoms with Crippen molar-refractivity contribution in [3.8, 4) is 0 Å². The Balaban J connectivity index is 1.66. The second-order valence-corrected chi connectivity index (χ2v) is 6.70. The van der Waals surface area contributed by atoms with Crippen LogP contribution in [-0.2, 0) is 6.54 Å². The zero-order valence-electron chi connectivity index (χ0n) is 11.2. The minimum absolute atomic E-state index is 0.753. The highest BCUT2D eigenvalue weighted by Crippen LogP contribution is 2.58. The molecule has 0 saturated heterocycles. The van der Waals surface area contributed by atoms with E-state index in [1.807, 2.05) is 13.2 Å². The van der Waals surface area contributed by atoms with Crippen LogP contribution in [0.1, 0.15) is 44.0 Å². The Labute approximate surface area is 109 Å². The van der Waals surface area contributed by atoms with Gasteiger partial charge in [0, 0.05) is 18.4 Å². The third-order valence-electron chi connectivity index (χ3n) is 5.58. The molecule has 0 aromatic carbocycles. The molecule has 0 radical (unpaired) electrons. The van der Waals surface area contributed by atoms with Crippen LogP contribution < -0.4 is 5.32 Å². The van der Waals surface area contributed by atoms with Gasteiger partial charge in [-0.2, -0.15) is 0 Å². The first kappa shape index (κ1) is 11.0. The molecule has 98 valence electrons. The van der Waals surface area contributed by atoms with Gasteiger partial charge in [-0.25, -0.2) is 4.98 Å². The molecule has 1 aromatic heterocycles. The molecular formula is C15H23N3. The molecule has 1 N–H and O–H groups in total. The summed E-state index contributed by atoms with van der Waals surface area (Å²) in [7, 11) is 2.01. The third kappa shape index (κ3) is 1.56. The summed E-state index contributed by atoms with van der Waals surface area (Å²) in [5.74, 6) is 5.21. The lowest BCUT2D eigenvalue weighted by atomic mass is 9.54. The van der Waals surface area contributed by atoms with E-state index >= 15 is 0 Å². The Kier molecular flexibility index (Phi) is 2.51. The minimum Gasteiger partial charge on any atom is -0.330 e. The van der Waals surface area contributed by atoms with Crippen LogP contribution in [0.5, 0.6) is 0 Å². The van der Waals surface area contributed by atoms with Crippen molar-refractivity contribution in [3.63, 3.8) is 0 Å². The summed E-state index contributed by atoms with van der Waals surface area (Å²) in [6, 6.07) is 0.753. The standard InChI is InChI=1S/C15H23N3/c1-16-9-14-17-2-3-18(14)15-12-5-10-4-11(7-12)8-13(15)6-10/h2-3,10-13,15-16H,4-9H2,1H3. The number of nitrogens with one attached hydrogen (secondary N) is 1. The molecule has 18 heavy (non-hydrogen) atoms. The Morgan fingerprint density at radius 2 is 1.83 bits per heavy atom. The highest BCUT2D eigenvalue weighted by molar-refractivity contribution is 5.05. The van der Waals surface area contributed by atoms with Crippen molar-refractivity contribution in [3.05, 3.63) is 18.2 Å². The summed E-state index contributed by atoms with van der Waals surface area (Å²) < 4.78 is 2.50. The van der Waals surface area contributed by atoms with Crippen molar-refractivity contribution in [1.29, 1.82) is 0 Å². The van der Waals surface area contributed by atoms with Gasteiger partial charge >= 0.3 is 0 Å². The van der Waals surface area contributed by atoms with Gasteiger partial charge in [-0.05, 0) is 62.8 Å². The molecule has 5 rings (SSSR count). The molecule has 3 heteroatoms. The zero-order valence-corrected chi connectivity index (χ0v) is 11.2. The number of aromatic nitrogens is 2. The van der Waals surface area contributed by atoms with E-state index in [0.717, 1.165) is 36.3 Å². The first-order valence-electron chi connectivity index (χ1n) is 7.51. The van der Waals surface area contributed by atoms with Crippen LogP contribution in [0, 0.1) is 23.7 Å². The van der Waals surface area contributed by atoms with Crippen LogP contribution in [0.3, 0.4) is 0 Å². The SMILES string of the molecule is CNCc1nccn1C1C2CC3CC(C2)CC1C3. The number of imidazole rings is 1. The van der Waals surface area contributed by atoms with Crippen molar-refractivity contribution in [2.45, 2.75) is 44.7 Å². The molecule has 1 heterocycles. The van der Waals surface area contributed by atoms with Gasteiger partial charge in [0.25, 0.3) is 0 Å². The first-order chi connectivity index (χ1) is 8.85. The third-order valence-corrected chi connectivity index (χ3v) is 5.58. The maximum Gasteiger partial charge on any atom is 0.122 e. The molecule has 0 amide bonds. The fraction of sp³-hybridized carbons (Fsp3) is 0.800. The van der Waals surface area contributed by atoms with E-state index in [0.29, 0.717) is 0 Å². The van der Waals surface area contributed by atoms with Crippen molar-refractivity contribution in [2.75, 3.05) is 7.05 Å². The number of hydrogen-bond donors (Lipinski definition) is 1. The van der Waals surface area contributed by atoms with Crippen LogP contribution in [0.2, 0.25) is 0 Å². The molecule has 1 aromatic rings. The molecule has 4 aliphatic carbocycles. The molecular weight excluding hydrogens is 222 g/mol. The summed E-state index contributed by atoms with van der Waals surface area (Å²) in [4.78, 5) is 4.54. The van der Waals surface area contributed by atoms with Gasteiger partial charge < -0.3 is 9.88 Å². The van der Waals surface area contributed by atoms with E-state index < -0.39 is 0 Å². The second-order valence-electron chi connectivity index (χ2n) is 6.70. The molecule has 3 nitrogen and oxygen atoms in total. The summed E-state index contributed by atoms with van der Waals surface area (Å²) in [5.41, 5.74) is 0. The summed E-state index contributed by atoms with van der Waals surface area (Å²) in [6.07, 6.45) is 11.7. The highest BCUT2D eigenvalue weighted by atomic mass is 15.1. The van der Waals surface area contributed by atoms with Crippen LogP contribution in [-0.4, -0.2) is 16.6 Å². The molecule has 0 unspecified atom stereocenters. The second kappa shape index (κ2) is 4.09. The number of nitrogens with zero attached hydrogens (tertiary/aromatic N) is 2. The first-order valence-corrected chi connectivity index (χ1v) is 7.51. The summed E-state index contributed by atoms with van der Waals surface area (Å²) in [6.45, 7) is 0.899. The summed E-state index contributed by atoms with van der Waals surface area (Å²) >= 11 is 0. The van der Waals surface area contributed by atoms with E-state index in [9.17, 15) is 0 Å². The van der Waals surface area contributed by atoms with Gasteiger partial charge in [0.1, 0.15) is 5.82 Å². The summed E-state index contributed by atoms with van der Waals surface area (Å²) in [5, 5.41) is 3.25. The zero-order chi connectivity index (χ0) is 12.1. The quantitative estimate of drug-likeness (QED) is 0.887. The van der Waals surface area contributed by atoms with Crippen molar-refractivity contribution in [1.82, 2.24) is 14.9 Å². The van der Waals surface area contributed by atoms with Crippen LogP contribution in [0.25, 0.3) is 0 Å². The smallest absolute Gasteiger partial charge is 0.122 e. The number of rotatable bonds is 3. The van der Waals surface area contributed by atoms with Crippen LogP contribution in [0.15, 0.2) is 12.4 Å². The number of hydrogen-bond acceptors (Lipinski definition) is 2. The normalized spacial score (nSPS) is 41.5. The lowest BCUT2D eigenvalue weighted by Crippen LogP contribution is -2.46. The Morgan fingerprint density at radius 3 is 2.44 bits per heavy atom. The molecule has 4 fully saturated rings. The van der Waals surface area contributed by atoms with Crippen molar-refractivity contribution < 1.29 is 0 Å². The van der Waals surface area contributed by atoms with Gasteiger partial charge in [-0.3, -0.25) is 0 Å². The largest absolute Gasteiger partial charge is 0.330 e. The van der Waals surface area contributed by atoms with E-state index in [4.69, 9.17) is 0 Å². The lowest BCUT2D eigenvalue weighted by Gasteiger charge is -2.54. The van der Waals surface area contributed by atoms with Gasteiger partial charge in [-0.1, -0.05) is 0 Å². The average Bonchev–Trinajstić information content (AvgIpc) is 2.76. The maximum absolute atomic E-state index is 4.54. The molecule has 0 atom stereocenters. The van der Waals surface area contributed by atoms with Crippen molar-refractivity contribution >= 4 is 0 Å². The predicted molar refractivity (Wildman–Crippen MR) is 71.1 cm³/mol. The van der Waals surface area contributed by atoms with Crippen molar-refractivity contribution in [2.24, 2.45) is 23.7 Å². The van der Waals surface area contributed by atoms with Gasteiger partial charge in [0.15, 0.2) is 0 Å². The fourth-order valence-electron chi connectivity index (χ4n) is 5.26. The fourth-order valence-corrected chi connectivity index (χ4v) is 5.26.